The molecule has 0 aliphatic rings. The fourth-order valence-corrected chi connectivity index (χ4v) is 2.73. The van der Waals surface area contributed by atoms with E-state index in [1.54, 1.807) is 0 Å². The molecule has 122 valence electrons. The van der Waals surface area contributed by atoms with Gasteiger partial charge in [-0.3, -0.25) is 0 Å². The Morgan fingerprint density at radius 3 is 2.58 bits per heavy atom. The van der Waals surface area contributed by atoms with E-state index in [1.165, 1.54) is 0 Å². The molecule has 0 saturated heterocycles. The summed E-state index contributed by atoms with van der Waals surface area (Å²) in [6, 6.07) is 16.3. The summed E-state index contributed by atoms with van der Waals surface area (Å²) < 4.78 is 2.94. The number of para-hydroxylation sites is 2. The number of hydrogen-bond donors (Lipinski definition) is 0. The number of allylic oxidation sites excluding steroid dienone is 1. The highest BCUT2D eigenvalue weighted by Crippen LogP contribution is 2.24. The molecule has 0 bridgehead atoms. The third kappa shape index (κ3) is 3.57. The predicted molar refractivity (Wildman–Crippen MR) is 106 cm³/mol. The van der Waals surface area contributed by atoms with Gasteiger partial charge in [0.05, 0.1) is 17.6 Å². The van der Waals surface area contributed by atoms with Crippen molar-refractivity contribution in [1.29, 1.82) is 0 Å². The second-order valence-electron chi connectivity index (χ2n) is 5.75. The average Bonchev–Trinajstić information content (AvgIpc) is 2.90. The van der Waals surface area contributed by atoms with Crippen molar-refractivity contribution < 1.29 is 0 Å². The van der Waals surface area contributed by atoms with Gasteiger partial charge < -0.3 is 9.47 Å². The number of hydrogen-bond acceptors (Lipinski definition) is 3. The minimum atomic E-state index is 0.632. The van der Waals surface area contributed by atoms with Crippen LogP contribution in [0.5, 0.6) is 0 Å². The number of rotatable bonds is 5. The molecule has 1 heterocycles. The van der Waals surface area contributed by atoms with Crippen LogP contribution in [-0.2, 0) is 6.54 Å². The van der Waals surface area contributed by atoms with E-state index >= 15 is 0 Å². The molecule has 0 aliphatic carbocycles. The van der Waals surface area contributed by atoms with Gasteiger partial charge in [-0.15, -0.1) is 0 Å². The fraction of sp³-hybridized carbons (Fsp3) is 0.158. The first-order chi connectivity index (χ1) is 11.5. The number of aliphatic imine (C=N–C) groups is 1. The van der Waals surface area contributed by atoms with Crippen LogP contribution in [0.2, 0.25) is 0 Å². The molecule has 0 unspecified atom stereocenters. The van der Waals surface area contributed by atoms with Gasteiger partial charge in [0.1, 0.15) is 0 Å². The van der Waals surface area contributed by atoms with Gasteiger partial charge in [-0.25, -0.2) is 9.98 Å². The number of nitrogens with zero attached hydrogens (tertiary/aromatic N) is 4. The van der Waals surface area contributed by atoms with Gasteiger partial charge in [0.25, 0.3) is 0 Å². The largest absolute Gasteiger partial charge is 0.378 e. The summed E-state index contributed by atoms with van der Waals surface area (Å²) in [6.07, 6.45) is 1.84. The monoisotopic (exact) mass is 382 g/mol. The molecular weight excluding hydrogens is 364 g/mol. The molecule has 0 N–H and O–H groups in total. The molecule has 24 heavy (non-hydrogen) atoms. The number of fused-ring (bicyclic) bond motifs is 1. The van der Waals surface area contributed by atoms with E-state index < -0.39 is 0 Å². The first-order valence-corrected chi connectivity index (χ1v) is 8.44. The Hall–Kier alpha value is -2.40. The molecule has 0 spiro atoms. The van der Waals surface area contributed by atoms with Crippen LogP contribution in [0.25, 0.3) is 11.0 Å². The Bertz CT molecular complexity index is 891. The van der Waals surface area contributed by atoms with Crippen molar-refractivity contribution in [2.24, 2.45) is 4.99 Å². The number of aromatic nitrogens is 2. The third-order valence-electron chi connectivity index (χ3n) is 3.70. The van der Waals surface area contributed by atoms with Gasteiger partial charge in [0.2, 0.25) is 5.95 Å². The van der Waals surface area contributed by atoms with Crippen molar-refractivity contribution in [3.63, 3.8) is 0 Å². The maximum atomic E-state index is 4.62. The summed E-state index contributed by atoms with van der Waals surface area (Å²) in [4.78, 5) is 11.3. The van der Waals surface area contributed by atoms with Crippen LogP contribution in [0.15, 0.2) is 64.6 Å². The van der Waals surface area contributed by atoms with Gasteiger partial charge in [-0.2, -0.15) is 0 Å². The number of benzene rings is 2. The van der Waals surface area contributed by atoms with Crippen LogP contribution in [0.1, 0.15) is 5.56 Å². The van der Waals surface area contributed by atoms with Crippen molar-refractivity contribution in [3.8, 4) is 0 Å². The van der Waals surface area contributed by atoms with Crippen molar-refractivity contribution >= 4 is 44.8 Å². The zero-order chi connectivity index (χ0) is 17.1. The quantitative estimate of drug-likeness (QED) is 0.595. The van der Waals surface area contributed by atoms with Gasteiger partial charge in [-0.1, -0.05) is 46.8 Å². The highest BCUT2D eigenvalue weighted by molar-refractivity contribution is 9.11. The van der Waals surface area contributed by atoms with Crippen molar-refractivity contribution in [3.05, 3.63) is 65.2 Å². The molecule has 0 saturated carbocycles. The van der Waals surface area contributed by atoms with E-state index in [1.807, 2.05) is 44.6 Å². The minimum Gasteiger partial charge on any atom is -0.378 e. The lowest BCUT2D eigenvalue weighted by atomic mass is 10.2. The first kappa shape index (κ1) is 16.5. The van der Waals surface area contributed by atoms with E-state index in [4.69, 9.17) is 0 Å². The molecule has 3 aromatic rings. The zero-order valence-electron chi connectivity index (χ0n) is 13.8. The minimum absolute atomic E-state index is 0.632. The number of anilines is 1. The lowest BCUT2D eigenvalue weighted by molar-refractivity contribution is 0.846. The lowest BCUT2D eigenvalue weighted by Gasteiger charge is -2.11. The molecule has 5 heteroatoms. The fourth-order valence-electron chi connectivity index (χ4n) is 2.48. The highest BCUT2D eigenvalue weighted by Gasteiger charge is 2.09. The average molecular weight is 383 g/mol. The summed E-state index contributed by atoms with van der Waals surface area (Å²) in [5.41, 5.74) is 4.18. The Balaban J connectivity index is 1.95. The first-order valence-electron chi connectivity index (χ1n) is 7.64. The van der Waals surface area contributed by atoms with Crippen LogP contribution < -0.4 is 4.90 Å². The predicted octanol–water partition coefficient (Wildman–Crippen LogP) is 4.76. The SMILES string of the molecule is C=C(Br)Cn1c(N=Cc2ccc(N(C)C)cc2)nc2ccccc21. The van der Waals surface area contributed by atoms with Crippen molar-refractivity contribution in [1.82, 2.24) is 9.55 Å². The molecular formula is C19H19BrN4. The number of halogens is 1. The zero-order valence-corrected chi connectivity index (χ0v) is 15.4. The number of imidazole rings is 1. The Morgan fingerprint density at radius 2 is 1.92 bits per heavy atom. The van der Waals surface area contributed by atoms with Crippen LogP contribution in [0, 0.1) is 0 Å². The molecule has 2 aromatic carbocycles. The summed E-state index contributed by atoms with van der Waals surface area (Å²) in [6.45, 7) is 4.57. The normalized spacial score (nSPS) is 11.3. The summed E-state index contributed by atoms with van der Waals surface area (Å²) in [5, 5.41) is 0. The van der Waals surface area contributed by atoms with Gasteiger partial charge in [0, 0.05) is 30.5 Å². The topological polar surface area (TPSA) is 33.4 Å². The van der Waals surface area contributed by atoms with Gasteiger partial charge in [0.15, 0.2) is 0 Å². The maximum absolute atomic E-state index is 4.62. The van der Waals surface area contributed by atoms with Crippen molar-refractivity contribution in [2.45, 2.75) is 6.54 Å². The molecule has 3 rings (SSSR count). The Kier molecular flexibility index (Phi) is 4.81. The molecule has 0 radical (unpaired) electrons. The highest BCUT2D eigenvalue weighted by atomic mass is 79.9. The van der Waals surface area contributed by atoms with Crippen LogP contribution in [0.3, 0.4) is 0 Å². The molecule has 4 nitrogen and oxygen atoms in total. The van der Waals surface area contributed by atoms with Gasteiger partial charge >= 0.3 is 0 Å². The van der Waals surface area contributed by atoms with Crippen LogP contribution in [-0.4, -0.2) is 29.9 Å². The standard InChI is InChI=1S/C19H19BrN4/c1-14(20)13-24-18-7-5-4-6-17(18)22-19(24)21-12-15-8-10-16(11-9-15)23(2)3/h4-12H,1,13H2,2-3H3. The molecule has 1 aromatic heterocycles. The molecule has 0 amide bonds. The molecule has 0 fully saturated rings. The Morgan fingerprint density at radius 1 is 1.21 bits per heavy atom. The summed E-state index contributed by atoms with van der Waals surface area (Å²) >= 11 is 3.43. The van der Waals surface area contributed by atoms with E-state index in [0.29, 0.717) is 12.5 Å². The van der Waals surface area contributed by atoms with Crippen LogP contribution >= 0.6 is 15.9 Å². The summed E-state index contributed by atoms with van der Waals surface area (Å²) in [7, 11) is 4.05. The third-order valence-corrected chi connectivity index (χ3v) is 3.95. The smallest absolute Gasteiger partial charge is 0.230 e. The van der Waals surface area contributed by atoms with Crippen LogP contribution in [0.4, 0.5) is 11.6 Å². The van der Waals surface area contributed by atoms with E-state index in [-0.39, 0.29) is 0 Å². The maximum Gasteiger partial charge on any atom is 0.230 e. The Labute approximate surface area is 150 Å². The second kappa shape index (κ2) is 7.01. The van der Waals surface area contributed by atoms with E-state index in [2.05, 4.69) is 66.2 Å². The van der Waals surface area contributed by atoms with E-state index in [9.17, 15) is 0 Å². The molecule has 0 atom stereocenters. The summed E-state index contributed by atoms with van der Waals surface area (Å²) in [5.74, 6) is 0.675. The van der Waals surface area contributed by atoms with Gasteiger partial charge in [-0.05, 0) is 29.8 Å². The van der Waals surface area contributed by atoms with Crippen molar-refractivity contribution in [2.75, 3.05) is 19.0 Å². The lowest BCUT2D eigenvalue weighted by Crippen LogP contribution is -2.08. The second-order valence-corrected chi connectivity index (χ2v) is 6.87. The molecule has 0 aliphatic heterocycles. The van der Waals surface area contributed by atoms with E-state index in [0.717, 1.165) is 26.8 Å².